The number of hydrogen-bond acceptors (Lipinski definition) is 8. The highest BCUT2D eigenvalue weighted by Crippen LogP contribution is 2.32. The van der Waals surface area contributed by atoms with Crippen LogP contribution < -0.4 is 9.47 Å². The molecule has 3 aromatic rings. The molecule has 0 atom stereocenters. The lowest BCUT2D eigenvalue weighted by Gasteiger charge is -2.31. The van der Waals surface area contributed by atoms with Gasteiger partial charge in [-0.1, -0.05) is 17.3 Å². The second-order valence-corrected chi connectivity index (χ2v) is 8.46. The van der Waals surface area contributed by atoms with E-state index < -0.39 is 11.9 Å². The molecule has 0 amide bonds. The molecule has 2 N–H and O–H groups in total. The number of carbonyl (C=O) groups excluding carboxylic acids is 1. The lowest BCUT2D eigenvalue weighted by molar-refractivity contribution is -0.134. The zero-order valence-corrected chi connectivity index (χ0v) is 20.8. The van der Waals surface area contributed by atoms with Crippen molar-refractivity contribution in [3.63, 3.8) is 0 Å². The van der Waals surface area contributed by atoms with Crippen molar-refractivity contribution in [2.24, 2.45) is 0 Å². The van der Waals surface area contributed by atoms with Gasteiger partial charge in [-0.3, -0.25) is 9.69 Å². The molecule has 2 aromatic carbocycles. The predicted molar refractivity (Wildman–Crippen MR) is 135 cm³/mol. The van der Waals surface area contributed by atoms with E-state index in [2.05, 4.69) is 16.1 Å². The van der Waals surface area contributed by atoms with Gasteiger partial charge in [0.1, 0.15) is 6.61 Å². The minimum atomic E-state index is -1.26. The maximum atomic E-state index is 11.5. The van der Waals surface area contributed by atoms with Gasteiger partial charge in [-0.05, 0) is 63.2 Å². The average molecular weight is 511 g/mol. The number of hydrogen-bond donors (Lipinski definition) is 2. The number of fused-ring (bicyclic) bond motifs is 1. The number of ether oxygens (including phenoxy) is 2. The molecule has 1 aliphatic rings. The lowest BCUT2D eigenvalue weighted by atomic mass is 9.91. The molecule has 37 heavy (non-hydrogen) atoms. The third-order valence-electron chi connectivity index (χ3n) is 5.98. The first kappa shape index (κ1) is 27.4. The quantitative estimate of drug-likeness (QED) is 0.320. The molecule has 1 aromatic heterocycles. The highest BCUT2D eigenvalue weighted by Gasteiger charge is 2.24. The Bertz CT molecular complexity index is 1240. The van der Waals surface area contributed by atoms with E-state index >= 15 is 0 Å². The summed E-state index contributed by atoms with van der Waals surface area (Å²) < 4.78 is 16.8. The van der Waals surface area contributed by atoms with E-state index in [4.69, 9.17) is 24.2 Å². The highest BCUT2D eigenvalue weighted by atomic mass is 16.5. The Morgan fingerprint density at radius 2 is 1.73 bits per heavy atom. The third kappa shape index (κ3) is 7.91. The second-order valence-electron chi connectivity index (χ2n) is 8.46. The van der Waals surface area contributed by atoms with Crippen LogP contribution in [0.5, 0.6) is 11.5 Å². The number of piperidine rings is 1. The van der Waals surface area contributed by atoms with Crippen LogP contribution in [-0.2, 0) is 9.59 Å². The summed E-state index contributed by atoms with van der Waals surface area (Å²) in [5, 5.41) is 21.1. The van der Waals surface area contributed by atoms with Gasteiger partial charge in [-0.15, -0.1) is 0 Å². The van der Waals surface area contributed by atoms with Crippen LogP contribution in [0.15, 0.2) is 59.1 Å². The van der Waals surface area contributed by atoms with Crippen LogP contribution in [0.1, 0.15) is 41.7 Å². The number of benzene rings is 2. The number of methoxy groups -OCH3 is 1. The SMILES string of the molecule is COc1cc(C(C)=O)ccc1OCCN1CCC(c2noc3ccccc23)CC1.O=C(O)/C=C/C(=O)O. The van der Waals surface area contributed by atoms with Crippen molar-refractivity contribution in [1.29, 1.82) is 0 Å². The van der Waals surface area contributed by atoms with Crippen LogP contribution in [0.2, 0.25) is 0 Å². The molecule has 10 heteroatoms. The number of likely N-dealkylation sites (tertiary alicyclic amines) is 1. The second kappa shape index (κ2) is 13.2. The summed E-state index contributed by atoms with van der Waals surface area (Å²) in [6, 6.07) is 13.4. The van der Waals surface area contributed by atoms with Crippen molar-refractivity contribution in [3.05, 3.63) is 65.9 Å². The molecule has 196 valence electrons. The molecule has 1 fully saturated rings. The minimum absolute atomic E-state index is 0.0117. The Kier molecular flexibility index (Phi) is 9.79. The minimum Gasteiger partial charge on any atom is -0.493 e. The predicted octanol–water partition coefficient (Wildman–Crippen LogP) is 4.01. The summed E-state index contributed by atoms with van der Waals surface area (Å²) in [4.78, 5) is 33.0. The van der Waals surface area contributed by atoms with Crippen molar-refractivity contribution in [1.82, 2.24) is 10.1 Å². The number of aliphatic carboxylic acids is 2. The fourth-order valence-corrected chi connectivity index (χ4v) is 4.06. The molecule has 2 heterocycles. The summed E-state index contributed by atoms with van der Waals surface area (Å²) in [6.07, 6.45) is 3.24. The Hall–Kier alpha value is -4.18. The van der Waals surface area contributed by atoms with E-state index in [0.717, 1.165) is 49.1 Å². The molecular formula is C27H30N2O8. The molecular weight excluding hydrogens is 480 g/mol. The Labute approximate surface area is 214 Å². The monoisotopic (exact) mass is 510 g/mol. The maximum absolute atomic E-state index is 11.5. The van der Waals surface area contributed by atoms with Crippen LogP contribution in [0.3, 0.4) is 0 Å². The van der Waals surface area contributed by atoms with Crippen LogP contribution in [0.4, 0.5) is 0 Å². The summed E-state index contributed by atoms with van der Waals surface area (Å²) in [7, 11) is 1.59. The van der Waals surface area contributed by atoms with Crippen LogP contribution in [-0.4, -0.2) is 71.3 Å². The molecule has 4 rings (SSSR count). The Morgan fingerprint density at radius 1 is 1.05 bits per heavy atom. The van der Waals surface area contributed by atoms with Gasteiger partial charge in [0, 0.05) is 35.6 Å². The van der Waals surface area contributed by atoms with Crippen LogP contribution in [0, 0.1) is 0 Å². The van der Waals surface area contributed by atoms with Gasteiger partial charge in [-0.25, -0.2) is 9.59 Å². The molecule has 0 spiro atoms. The number of rotatable bonds is 9. The van der Waals surface area contributed by atoms with E-state index in [9.17, 15) is 14.4 Å². The number of nitrogens with zero attached hydrogens (tertiary/aromatic N) is 2. The molecule has 1 aliphatic heterocycles. The van der Waals surface area contributed by atoms with E-state index in [1.165, 1.54) is 0 Å². The van der Waals surface area contributed by atoms with Crippen LogP contribution in [0.25, 0.3) is 11.0 Å². The number of ketones is 1. The smallest absolute Gasteiger partial charge is 0.328 e. The van der Waals surface area contributed by atoms with Crippen molar-refractivity contribution < 1.29 is 38.6 Å². The lowest BCUT2D eigenvalue weighted by Crippen LogP contribution is -2.36. The van der Waals surface area contributed by atoms with Gasteiger partial charge in [0.15, 0.2) is 22.9 Å². The summed E-state index contributed by atoms with van der Waals surface area (Å²) in [5.74, 6) is -0.803. The standard InChI is InChI=1S/C23H26N2O4.C4H4O4/c1-16(26)18-7-8-21(22(15-18)27-2)28-14-13-25-11-9-17(10-12-25)23-19-5-3-4-6-20(19)29-24-23;5-3(6)1-2-4(7)8/h3-8,15,17H,9-14H2,1-2H3;1-2H,(H,5,6)(H,7,8)/b;2-1+. The molecule has 0 bridgehead atoms. The first-order valence-corrected chi connectivity index (χ1v) is 11.8. The van der Waals surface area contributed by atoms with Gasteiger partial charge >= 0.3 is 11.9 Å². The number of para-hydroxylation sites is 1. The number of aromatic nitrogens is 1. The van der Waals surface area contributed by atoms with Gasteiger partial charge in [-0.2, -0.15) is 0 Å². The zero-order valence-electron chi connectivity index (χ0n) is 20.8. The number of carbonyl (C=O) groups is 3. The number of Topliss-reactive ketones (excluding diaryl/α,β-unsaturated/α-hetero) is 1. The topological polar surface area (TPSA) is 139 Å². The Morgan fingerprint density at radius 3 is 2.35 bits per heavy atom. The summed E-state index contributed by atoms with van der Waals surface area (Å²) >= 11 is 0. The molecule has 0 saturated carbocycles. The van der Waals surface area contributed by atoms with E-state index in [-0.39, 0.29) is 5.78 Å². The van der Waals surface area contributed by atoms with Gasteiger partial charge in [0.05, 0.1) is 12.8 Å². The Balaban J connectivity index is 0.000000414. The van der Waals surface area contributed by atoms with Crippen LogP contribution >= 0.6 is 0 Å². The van der Waals surface area contributed by atoms with Gasteiger partial charge in [0.2, 0.25) is 0 Å². The van der Waals surface area contributed by atoms with Crippen molar-refractivity contribution >= 4 is 28.7 Å². The number of carboxylic acids is 2. The molecule has 0 radical (unpaired) electrons. The highest BCUT2D eigenvalue weighted by molar-refractivity contribution is 5.94. The van der Waals surface area contributed by atoms with Crippen molar-refractivity contribution in [2.75, 3.05) is 33.4 Å². The molecule has 10 nitrogen and oxygen atoms in total. The fraction of sp³-hybridized carbons (Fsp3) is 0.333. The van der Waals surface area contributed by atoms with Crippen molar-refractivity contribution in [3.8, 4) is 11.5 Å². The van der Waals surface area contributed by atoms with Gasteiger partial charge in [0.25, 0.3) is 0 Å². The largest absolute Gasteiger partial charge is 0.493 e. The summed E-state index contributed by atoms with van der Waals surface area (Å²) in [5.41, 5.74) is 2.58. The summed E-state index contributed by atoms with van der Waals surface area (Å²) in [6.45, 7) is 4.99. The van der Waals surface area contributed by atoms with E-state index in [1.807, 2.05) is 18.2 Å². The van der Waals surface area contributed by atoms with Crippen molar-refractivity contribution in [2.45, 2.75) is 25.7 Å². The molecule has 1 saturated heterocycles. The normalized spacial score (nSPS) is 14.2. The first-order chi connectivity index (χ1) is 17.8. The van der Waals surface area contributed by atoms with E-state index in [1.54, 1.807) is 32.2 Å². The maximum Gasteiger partial charge on any atom is 0.328 e. The first-order valence-electron chi connectivity index (χ1n) is 11.8. The van der Waals surface area contributed by atoms with E-state index in [0.29, 0.717) is 41.7 Å². The third-order valence-corrected chi connectivity index (χ3v) is 5.98. The molecule has 0 aliphatic carbocycles. The fourth-order valence-electron chi connectivity index (χ4n) is 4.06. The average Bonchev–Trinajstić information content (AvgIpc) is 3.32. The zero-order chi connectivity index (χ0) is 26.8. The molecule has 0 unspecified atom stereocenters. The van der Waals surface area contributed by atoms with Gasteiger partial charge < -0.3 is 24.2 Å². The number of carboxylic acid groups (broad SMARTS) is 2.